The highest BCUT2D eigenvalue weighted by atomic mass is 16.6. The Hall–Kier alpha value is -4.08. The number of hydrogen-bond donors (Lipinski definition) is 2. The van der Waals surface area contributed by atoms with Gasteiger partial charge in [-0.1, -0.05) is 12.2 Å². The summed E-state index contributed by atoms with van der Waals surface area (Å²) < 4.78 is 30.9. The van der Waals surface area contributed by atoms with Crippen LogP contribution < -0.4 is 19.9 Å². The largest absolute Gasteiger partial charge is 0.503 e. The van der Waals surface area contributed by atoms with Crippen LogP contribution in [0.4, 0.5) is 5.69 Å². The molecule has 0 spiro atoms. The van der Waals surface area contributed by atoms with Crippen LogP contribution in [0.5, 0.6) is 23.0 Å². The number of likely N-dealkylation sites (N-methyl/N-ethyl adjacent to an activating group) is 1. The second-order valence-electron chi connectivity index (χ2n) is 11.6. The van der Waals surface area contributed by atoms with Crippen molar-refractivity contribution in [3.05, 3.63) is 88.3 Å². The van der Waals surface area contributed by atoms with E-state index in [9.17, 15) is 5.11 Å². The average Bonchev–Trinajstić information content (AvgIpc) is 2.97. The topological polar surface area (TPSA) is 98.9 Å². The predicted octanol–water partition coefficient (Wildman–Crippen LogP) is 5.33. The lowest BCUT2D eigenvalue weighted by Gasteiger charge is -2.35. The fraction of sp³-hybridized carbons (Fsp3) is 0.412. The van der Waals surface area contributed by atoms with Crippen LogP contribution in [0.1, 0.15) is 35.6 Å². The molecule has 2 aromatic rings. The van der Waals surface area contributed by atoms with E-state index in [0.717, 1.165) is 42.6 Å². The molecule has 0 amide bonds. The van der Waals surface area contributed by atoms with Crippen LogP contribution in [-0.4, -0.2) is 70.5 Å². The van der Waals surface area contributed by atoms with Crippen LogP contribution in [0.15, 0.2) is 71.6 Å². The molecule has 2 aromatic carbocycles. The molecule has 0 radical (unpaired) electrons. The first-order valence-corrected chi connectivity index (χ1v) is 14.6. The molecule has 4 bridgehead atoms. The number of ether oxygens (including phenoxy) is 5. The Morgan fingerprint density at radius 3 is 2.58 bits per heavy atom. The van der Waals surface area contributed by atoms with Crippen molar-refractivity contribution >= 4 is 5.69 Å². The minimum absolute atomic E-state index is 0.0502. The van der Waals surface area contributed by atoms with Crippen LogP contribution in [0, 0.1) is 5.92 Å². The summed E-state index contributed by atoms with van der Waals surface area (Å²) >= 11 is 0. The van der Waals surface area contributed by atoms with Gasteiger partial charge in [0, 0.05) is 19.1 Å². The number of hydrogen-bond acceptors (Lipinski definition) is 9. The molecule has 230 valence electrons. The standard InChI is InChI=1S/C34H43N3O6/c1-20(10-12-36(2)3)14-31(40-6)34(41-7)33-23-8-9-27(23)42-30-17-21(15-25(35)32(30)38)16-26-24-19-29(43-33)28(39-5)18-22(24)11-13-37(26)4/h9,14-15,17-19,23,26,38H,1,8,10-13,16,35H2,2-7H3/b31-14+,34-33-. The molecule has 2 atom stereocenters. The number of nitrogens with two attached hydrogens (primary N) is 1. The quantitative estimate of drug-likeness (QED) is 0.183. The Morgan fingerprint density at radius 1 is 1.14 bits per heavy atom. The molecular formula is C34H43N3O6. The molecule has 9 heteroatoms. The van der Waals surface area contributed by atoms with Crippen LogP contribution in [0.2, 0.25) is 0 Å². The molecule has 43 heavy (non-hydrogen) atoms. The molecule has 2 heterocycles. The zero-order valence-corrected chi connectivity index (χ0v) is 26.0. The van der Waals surface area contributed by atoms with Crippen molar-refractivity contribution in [1.29, 1.82) is 0 Å². The number of benzene rings is 2. The molecule has 0 saturated carbocycles. The van der Waals surface area contributed by atoms with Crippen LogP contribution in [0.3, 0.4) is 0 Å². The summed E-state index contributed by atoms with van der Waals surface area (Å²) in [6.07, 6.45) is 6.80. The van der Waals surface area contributed by atoms with Gasteiger partial charge >= 0.3 is 0 Å². The summed E-state index contributed by atoms with van der Waals surface area (Å²) in [7, 11) is 11.0. The van der Waals surface area contributed by atoms with E-state index < -0.39 is 0 Å². The van der Waals surface area contributed by atoms with E-state index in [4.69, 9.17) is 29.4 Å². The van der Waals surface area contributed by atoms with Gasteiger partial charge in [0.15, 0.2) is 40.3 Å². The second-order valence-corrected chi connectivity index (χ2v) is 11.6. The fourth-order valence-corrected chi connectivity index (χ4v) is 5.81. The first kappa shape index (κ1) is 30.4. The van der Waals surface area contributed by atoms with Gasteiger partial charge in [0.05, 0.1) is 32.9 Å². The highest BCUT2D eigenvalue weighted by molar-refractivity contribution is 5.62. The van der Waals surface area contributed by atoms with Crippen LogP contribution >= 0.6 is 0 Å². The lowest BCUT2D eigenvalue weighted by Crippen LogP contribution is -2.33. The van der Waals surface area contributed by atoms with E-state index in [-0.39, 0.29) is 23.4 Å². The predicted molar refractivity (Wildman–Crippen MR) is 167 cm³/mol. The van der Waals surface area contributed by atoms with E-state index in [1.807, 2.05) is 38.4 Å². The van der Waals surface area contributed by atoms with Crippen LogP contribution in [0.25, 0.3) is 0 Å². The van der Waals surface area contributed by atoms with Crippen molar-refractivity contribution in [2.75, 3.05) is 61.3 Å². The van der Waals surface area contributed by atoms with E-state index in [0.29, 0.717) is 53.1 Å². The van der Waals surface area contributed by atoms with Crippen molar-refractivity contribution in [3.8, 4) is 23.0 Å². The van der Waals surface area contributed by atoms with Crippen molar-refractivity contribution in [2.45, 2.75) is 31.7 Å². The van der Waals surface area contributed by atoms with Gasteiger partial charge in [0.1, 0.15) is 5.76 Å². The summed E-state index contributed by atoms with van der Waals surface area (Å²) in [5.41, 5.74) is 10.8. The normalized spacial score (nSPS) is 21.0. The number of fused-ring (bicyclic) bond motifs is 4. The fourth-order valence-electron chi connectivity index (χ4n) is 5.81. The maximum absolute atomic E-state index is 10.9. The molecule has 3 aliphatic rings. The summed E-state index contributed by atoms with van der Waals surface area (Å²) in [6.45, 7) is 5.98. The molecule has 0 aromatic heterocycles. The molecule has 0 saturated heterocycles. The van der Waals surface area contributed by atoms with Gasteiger partial charge in [0.25, 0.3) is 0 Å². The molecule has 3 N–H and O–H groups in total. The number of aromatic hydroxyl groups is 1. The van der Waals surface area contributed by atoms with Crippen LogP contribution in [-0.2, 0) is 22.3 Å². The third kappa shape index (κ3) is 6.19. The molecule has 2 unspecified atom stereocenters. The Kier molecular flexibility index (Phi) is 8.94. The molecular weight excluding hydrogens is 546 g/mol. The summed E-state index contributed by atoms with van der Waals surface area (Å²) in [5.74, 6) is 3.15. The Labute approximate surface area is 254 Å². The minimum Gasteiger partial charge on any atom is -0.503 e. The van der Waals surface area contributed by atoms with Gasteiger partial charge in [-0.05, 0) is 99.9 Å². The molecule has 1 aliphatic carbocycles. The Morgan fingerprint density at radius 2 is 1.93 bits per heavy atom. The van der Waals surface area contributed by atoms with E-state index in [1.165, 1.54) is 5.56 Å². The molecule has 2 aliphatic heterocycles. The summed E-state index contributed by atoms with van der Waals surface area (Å²) in [6, 6.07) is 7.91. The SMILES string of the molecule is C=C(/C=C(OC)\C(OC)=C1\Oc2cc3c(cc2OC)CCN(C)C3Cc2cc(N)c(O)c(c2)OC2=CCC21)CCN(C)C. The first-order chi connectivity index (χ1) is 20.6. The van der Waals surface area contributed by atoms with E-state index in [1.54, 1.807) is 21.3 Å². The third-order valence-corrected chi connectivity index (χ3v) is 8.39. The number of rotatable bonds is 8. The zero-order valence-electron chi connectivity index (χ0n) is 26.0. The van der Waals surface area contributed by atoms with Crippen molar-refractivity contribution in [3.63, 3.8) is 0 Å². The number of allylic oxidation sites excluding steroid dienone is 2. The van der Waals surface area contributed by atoms with E-state index >= 15 is 0 Å². The number of phenols is 1. The average molecular weight is 590 g/mol. The molecule has 9 nitrogen and oxygen atoms in total. The Bertz CT molecular complexity index is 1490. The molecule has 0 fully saturated rings. The highest BCUT2D eigenvalue weighted by Gasteiger charge is 2.37. The number of nitrogens with zero attached hydrogens (tertiary/aromatic N) is 2. The maximum Gasteiger partial charge on any atom is 0.200 e. The number of nitrogen functional groups attached to an aromatic ring is 1. The monoisotopic (exact) mass is 589 g/mol. The summed E-state index contributed by atoms with van der Waals surface area (Å²) in [5, 5.41) is 10.9. The van der Waals surface area contributed by atoms with Gasteiger partial charge in [0.2, 0.25) is 0 Å². The van der Waals surface area contributed by atoms with Crippen molar-refractivity contribution in [2.24, 2.45) is 5.92 Å². The van der Waals surface area contributed by atoms with Gasteiger partial charge in [-0.25, -0.2) is 0 Å². The van der Waals surface area contributed by atoms with E-state index in [2.05, 4.69) is 35.6 Å². The number of anilines is 1. The minimum atomic E-state index is -0.326. The van der Waals surface area contributed by atoms with Crippen molar-refractivity contribution < 1.29 is 28.8 Å². The zero-order chi connectivity index (χ0) is 30.8. The van der Waals surface area contributed by atoms with Gasteiger partial charge in [-0.15, -0.1) is 0 Å². The smallest absolute Gasteiger partial charge is 0.200 e. The number of phenolic OH excluding ortho intramolecular Hbond substituents is 1. The number of methoxy groups -OCH3 is 3. The second kappa shape index (κ2) is 12.7. The third-order valence-electron chi connectivity index (χ3n) is 8.39. The first-order valence-electron chi connectivity index (χ1n) is 14.6. The van der Waals surface area contributed by atoms with Crippen molar-refractivity contribution in [1.82, 2.24) is 9.80 Å². The highest BCUT2D eigenvalue weighted by Crippen LogP contribution is 2.47. The van der Waals surface area contributed by atoms with Gasteiger partial charge in [-0.2, -0.15) is 0 Å². The summed E-state index contributed by atoms with van der Waals surface area (Å²) in [4.78, 5) is 4.43. The maximum atomic E-state index is 10.9. The lowest BCUT2D eigenvalue weighted by atomic mass is 9.88. The molecule has 5 rings (SSSR count). The lowest BCUT2D eigenvalue weighted by molar-refractivity contribution is 0.182. The Balaban J connectivity index is 1.70. The van der Waals surface area contributed by atoms with Gasteiger partial charge in [-0.3, -0.25) is 4.90 Å². The van der Waals surface area contributed by atoms with Gasteiger partial charge < -0.3 is 39.4 Å².